The fourth-order valence-electron chi connectivity index (χ4n) is 5.01. The van der Waals surface area contributed by atoms with Crippen molar-refractivity contribution < 1.29 is 13.9 Å². The lowest BCUT2D eigenvalue weighted by Gasteiger charge is -2.08. The van der Waals surface area contributed by atoms with Crippen molar-refractivity contribution >= 4 is 16.7 Å². The van der Waals surface area contributed by atoms with Crippen LogP contribution in [-0.4, -0.2) is 12.5 Å². The third-order valence-electron chi connectivity index (χ3n) is 7.32. The predicted octanol–water partition coefficient (Wildman–Crippen LogP) is 10.0. The van der Waals surface area contributed by atoms with E-state index in [1.165, 1.54) is 96.3 Å². The number of rotatable bonds is 21. The van der Waals surface area contributed by atoms with E-state index in [4.69, 9.17) is 9.15 Å². The Morgan fingerprint density at radius 1 is 0.684 bits per heavy atom. The summed E-state index contributed by atoms with van der Waals surface area (Å²) in [7, 11) is 0. The largest absolute Gasteiger partial charge is 0.485 e. The SMILES string of the molecule is CCCCCCCCCCCCCCCCCCNC(=O)c1ccc(COc2cccc3ccccc23)o1. The first kappa shape index (κ1) is 29.8. The van der Waals surface area contributed by atoms with Gasteiger partial charge in [0.25, 0.3) is 5.91 Å². The third-order valence-corrected chi connectivity index (χ3v) is 7.32. The van der Waals surface area contributed by atoms with Crippen LogP contribution >= 0.6 is 0 Å². The first-order valence-electron chi connectivity index (χ1n) is 15.3. The van der Waals surface area contributed by atoms with E-state index in [0.29, 0.717) is 24.7 Å². The molecular weight excluding hydrogens is 470 g/mol. The smallest absolute Gasteiger partial charge is 0.286 e. The summed E-state index contributed by atoms with van der Waals surface area (Å²) in [6.45, 7) is 3.27. The summed E-state index contributed by atoms with van der Waals surface area (Å²) in [5, 5.41) is 5.19. The van der Waals surface area contributed by atoms with Crippen molar-refractivity contribution in [1.29, 1.82) is 0 Å². The van der Waals surface area contributed by atoms with E-state index in [9.17, 15) is 4.79 Å². The monoisotopic (exact) mass is 519 g/mol. The van der Waals surface area contributed by atoms with Gasteiger partial charge in [0.2, 0.25) is 0 Å². The number of carbonyl (C=O) groups is 1. The third kappa shape index (κ3) is 11.3. The molecule has 2 aromatic carbocycles. The Labute approximate surface area is 230 Å². The topological polar surface area (TPSA) is 51.5 Å². The predicted molar refractivity (Wildman–Crippen MR) is 159 cm³/mol. The number of carbonyl (C=O) groups excluding carboxylic acids is 1. The molecule has 1 heterocycles. The maximum Gasteiger partial charge on any atom is 0.286 e. The molecule has 0 saturated heterocycles. The fourth-order valence-corrected chi connectivity index (χ4v) is 5.01. The van der Waals surface area contributed by atoms with Gasteiger partial charge in [-0.2, -0.15) is 0 Å². The minimum atomic E-state index is -0.151. The van der Waals surface area contributed by atoms with Crippen molar-refractivity contribution in [2.24, 2.45) is 0 Å². The van der Waals surface area contributed by atoms with E-state index >= 15 is 0 Å². The summed E-state index contributed by atoms with van der Waals surface area (Å²) in [6.07, 6.45) is 21.6. The van der Waals surface area contributed by atoms with Gasteiger partial charge in [0, 0.05) is 11.9 Å². The van der Waals surface area contributed by atoms with Gasteiger partial charge in [-0.3, -0.25) is 4.79 Å². The molecule has 38 heavy (non-hydrogen) atoms. The van der Waals surface area contributed by atoms with Gasteiger partial charge in [-0.15, -0.1) is 0 Å². The molecule has 0 radical (unpaired) electrons. The first-order chi connectivity index (χ1) is 18.8. The molecule has 208 valence electrons. The van der Waals surface area contributed by atoms with E-state index < -0.39 is 0 Å². The Balaban J connectivity index is 1.16. The van der Waals surface area contributed by atoms with E-state index in [1.54, 1.807) is 6.07 Å². The number of amides is 1. The molecule has 1 amide bonds. The van der Waals surface area contributed by atoms with E-state index in [-0.39, 0.29) is 5.91 Å². The van der Waals surface area contributed by atoms with Crippen LogP contribution in [0.3, 0.4) is 0 Å². The minimum Gasteiger partial charge on any atom is -0.485 e. The molecule has 3 rings (SSSR count). The number of unbranched alkanes of at least 4 members (excludes halogenated alkanes) is 15. The van der Waals surface area contributed by atoms with Gasteiger partial charge >= 0.3 is 0 Å². The van der Waals surface area contributed by atoms with Crippen molar-refractivity contribution in [3.63, 3.8) is 0 Å². The average Bonchev–Trinajstić information content (AvgIpc) is 3.43. The van der Waals surface area contributed by atoms with Crippen LogP contribution in [0.2, 0.25) is 0 Å². The zero-order chi connectivity index (χ0) is 26.7. The summed E-state index contributed by atoms with van der Waals surface area (Å²) in [6, 6.07) is 17.7. The van der Waals surface area contributed by atoms with Crippen LogP contribution in [0, 0.1) is 0 Å². The van der Waals surface area contributed by atoms with Gasteiger partial charge in [0.15, 0.2) is 5.76 Å². The molecule has 1 N–H and O–H groups in total. The van der Waals surface area contributed by atoms with Crippen LogP contribution < -0.4 is 10.1 Å². The highest BCUT2D eigenvalue weighted by atomic mass is 16.5. The normalized spacial score (nSPS) is 11.2. The van der Waals surface area contributed by atoms with Crippen LogP contribution in [0.15, 0.2) is 59.0 Å². The molecule has 0 aliphatic rings. The summed E-state index contributed by atoms with van der Waals surface area (Å²) in [5.74, 6) is 1.65. The van der Waals surface area contributed by atoms with E-state index in [1.807, 2.05) is 36.4 Å². The van der Waals surface area contributed by atoms with Crippen LogP contribution in [0.25, 0.3) is 10.8 Å². The number of benzene rings is 2. The highest BCUT2D eigenvalue weighted by Gasteiger charge is 2.11. The van der Waals surface area contributed by atoms with Gasteiger partial charge in [-0.05, 0) is 30.0 Å². The highest BCUT2D eigenvalue weighted by molar-refractivity contribution is 5.91. The van der Waals surface area contributed by atoms with Crippen molar-refractivity contribution in [3.8, 4) is 5.75 Å². The first-order valence-corrected chi connectivity index (χ1v) is 15.3. The second-order valence-electron chi connectivity index (χ2n) is 10.6. The Hall–Kier alpha value is -2.75. The Morgan fingerprint density at radius 2 is 1.26 bits per heavy atom. The zero-order valence-electron chi connectivity index (χ0n) is 23.6. The molecule has 0 fully saturated rings. The Kier molecular flexibility index (Phi) is 14.5. The molecule has 0 unspecified atom stereocenters. The molecule has 0 atom stereocenters. The Bertz CT molecular complexity index is 1040. The maximum atomic E-state index is 12.4. The maximum absolute atomic E-state index is 12.4. The molecule has 0 aliphatic heterocycles. The molecule has 0 bridgehead atoms. The average molecular weight is 520 g/mol. The number of fused-ring (bicyclic) bond motifs is 1. The summed E-state index contributed by atoms with van der Waals surface area (Å²) in [4.78, 5) is 12.4. The molecule has 3 aromatic rings. The quantitative estimate of drug-likeness (QED) is 0.142. The van der Waals surface area contributed by atoms with Crippen molar-refractivity contribution in [2.75, 3.05) is 6.54 Å². The number of ether oxygens (including phenoxy) is 1. The lowest BCUT2D eigenvalue weighted by molar-refractivity contribution is 0.0921. The minimum absolute atomic E-state index is 0.151. The number of hydrogen-bond donors (Lipinski definition) is 1. The van der Waals surface area contributed by atoms with Gasteiger partial charge in [0.1, 0.15) is 18.1 Å². The number of furan rings is 1. The molecule has 0 spiro atoms. The van der Waals surface area contributed by atoms with Gasteiger partial charge < -0.3 is 14.5 Å². The molecule has 4 nitrogen and oxygen atoms in total. The zero-order valence-corrected chi connectivity index (χ0v) is 23.6. The Morgan fingerprint density at radius 3 is 1.92 bits per heavy atom. The summed E-state index contributed by atoms with van der Waals surface area (Å²) in [5.41, 5.74) is 0. The van der Waals surface area contributed by atoms with E-state index in [0.717, 1.165) is 22.9 Å². The number of nitrogens with one attached hydrogen (secondary N) is 1. The van der Waals surface area contributed by atoms with Gasteiger partial charge in [-0.25, -0.2) is 0 Å². The standard InChI is InChI=1S/C34H49NO3/c1-2-3-4-5-6-7-8-9-10-11-12-13-14-15-16-19-27-35-34(36)33-26-25-30(38-33)28-37-32-24-20-22-29-21-17-18-23-31(29)32/h17-18,20-26H,2-16,19,27-28H2,1H3,(H,35,36). The molecular formula is C34H49NO3. The van der Waals surface area contributed by atoms with Gasteiger partial charge in [-0.1, -0.05) is 140 Å². The lowest BCUT2D eigenvalue weighted by atomic mass is 10.0. The molecule has 1 aromatic heterocycles. The van der Waals surface area contributed by atoms with Crippen LogP contribution in [-0.2, 0) is 6.61 Å². The van der Waals surface area contributed by atoms with Crippen LogP contribution in [0.1, 0.15) is 126 Å². The lowest BCUT2D eigenvalue weighted by Crippen LogP contribution is -2.23. The second kappa shape index (κ2) is 18.5. The van der Waals surface area contributed by atoms with Crippen molar-refractivity contribution in [3.05, 3.63) is 66.1 Å². The molecule has 4 heteroatoms. The molecule has 0 saturated carbocycles. The van der Waals surface area contributed by atoms with E-state index in [2.05, 4.69) is 24.4 Å². The van der Waals surface area contributed by atoms with Crippen LogP contribution in [0.5, 0.6) is 5.75 Å². The number of hydrogen-bond acceptors (Lipinski definition) is 3. The van der Waals surface area contributed by atoms with Crippen molar-refractivity contribution in [1.82, 2.24) is 5.32 Å². The van der Waals surface area contributed by atoms with Gasteiger partial charge in [0.05, 0.1) is 0 Å². The molecule has 0 aliphatic carbocycles. The second-order valence-corrected chi connectivity index (χ2v) is 10.6. The van der Waals surface area contributed by atoms with Crippen LogP contribution in [0.4, 0.5) is 0 Å². The summed E-state index contributed by atoms with van der Waals surface area (Å²) < 4.78 is 11.7. The summed E-state index contributed by atoms with van der Waals surface area (Å²) >= 11 is 0. The fraction of sp³-hybridized carbons (Fsp3) is 0.559. The van der Waals surface area contributed by atoms with Crippen molar-refractivity contribution in [2.45, 2.75) is 116 Å². The highest BCUT2D eigenvalue weighted by Crippen LogP contribution is 2.26.